The van der Waals surface area contributed by atoms with E-state index in [1.54, 1.807) is 11.3 Å². The molecule has 1 unspecified atom stereocenters. The maximum absolute atomic E-state index is 10.6. The van der Waals surface area contributed by atoms with Gasteiger partial charge in [0.15, 0.2) is 0 Å². The Morgan fingerprint density at radius 3 is 2.46 bits per heavy atom. The van der Waals surface area contributed by atoms with Crippen LogP contribution in [-0.4, -0.2) is 51.3 Å². The molecule has 1 fully saturated rings. The lowest BCUT2D eigenvalue weighted by Crippen LogP contribution is -2.34. The number of alkyl halides is 3. The third-order valence-corrected chi connectivity index (χ3v) is 7.01. The SMILES string of the molecule is NCC1CCCN1Cc1ccc(-c2ccc(-c3nc4ccccc4[nH]3)s2)cc1.O=C(O)C(F)(F)F. The van der Waals surface area contributed by atoms with Gasteiger partial charge < -0.3 is 15.8 Å². The van der Waals surface area contributed by atoms with Gasteiger partial charge in [0.1, 0.15) is 5.82 Å². The number of H-pyrrole nitrogens is 1. The second-order valence-corrected chi connectivity index (χ2v) is 9.35. The highest BCUT2D eigenvalue weighted by atomic mass is 32.1. The molecule has 1 aliphatic heterocycles. The summed E-state index contributed by atoms with van der Waals surface area (Å²) >= 11 is 1.78. The highest BCUT2D eigenvalue weighted by Gasteiger charge is 2.38. The topological polar surface area (TPSA) is 95.2 Å². The number of para-hydroxylation sites is 2. The van der Waals surface area contributed by atoms with E-state index in [1.165, 1.54) is 28.8 Å². The van der Waals surface area contributed by atoms with Crippen LogP contribution in [0, 0.1) is 0 Å². The van der Waals surface area contributed by atoms with Crippen LogP contribution in [0.3, 0.4) is 0 Å². The standard InChI is InChI=1S/C23H24N4S.C2HF3O2/c24-14-18-4-3-13-27(18)15-16-7-9-17(10-8-16)21-11-12-22(28-21)23-25-19-5-1-2-6-20(19)26-23;3-2(4,5)1(6)7/h1-2,5-12,18H,3-4,13-15,24H2,(H,25,26);(H,6,7). The molecule has 2 aromatic carbocycles. The maximum atomic E-state index is 10.6. The Balaban J connectivity index is 0.000000364. The van der Waals surface area contributed by atoms with E-state index in [0.29, 0.717) is 6.04 Å². The summed E-state index contributed by atoms with van der Waals surface area (Å²) in [4.78, 5) is 22.0. The van der Waals surface area contributed by atoms with Crippen molar-refractivity contribution in [2.75, 3.05) is 13.1 Å². The Kier molecular flexibility index (Phi) is 7.54. The van der Waals surface area contributed by atoms with Crippen molar-refractivity contribution in [3.8, 4) is 21.1 Å². The minimum atomic E-state index is -5.08. The first-order chi connectivity index (χ1) is 16.7. The number of aliphatic carboxylic acids is 1. The number of likely N-dealkylation sites (tertiary alicyclic amines) is 1. The fourth-order valence-corrected chi connectivity index (χ4v) is 5.03. The number of benzene rings is 2. The summed E-state index contributed by atoms with van der Waals surface area (Å²) in [5, 5.41) is 7.12. The lowest BCUT2D eigenvalue weighted by molar-refractivity contribution is -0.192. The Morgan fingerprint density at radius 2 is 1.80 bits per heavy atom. The average Bonchev–Trinajstić information content (AvgIpc) is 3.58. The van der Waals surface area contributed by atoms with E-state index in [0.717, 1.165) is 41.4 Å². The predicted octanol–water partition coefficient (Wildman–Crippen LogP) is 5.51. The van der Waals surface area contributed by atoms with Crippen LogP contribution in [0.5, 0.6) is 0 Å². The maximum Gasteiger partial charge on any atom is 0.490 e. The van der Waals surface area contributed by atoms with Crippen LogP contribution in [0.2, 0.25) is 0 Å². The Labute approximate surface area is 204 Å². The van der Waals surface area contributed by atoms with Crippen LogP contribution >= 0.6 is 11.3 Å². The minimum Gasteiger partial charge on any atom is -0.475 e. The number of nitrogens with one attached hydrogen (secondary N) is 1. The van der Waals surface area contributed by atoms with E-state index in [9.17, 15) is 13.2 Å². The van der Waals surface area contributed by atoms with Crippen molar-refractivity contribution in [2.24, 2.45) is 5.73 Å². The van der Waals surface area contributed by atoms with Crippen molar-refractivity contribution in [1.82, 2.24) is 14.9 Å². The van der Waals surface area contributed by atoms with Gasteiger partial charge in [-0.05, 0) is 54.8 Å². The van der Waals surface area contributed by atoms with E-state index in [1.807, 2.05) is 18.2 Å². The van der Waals surface area contributed by atoms with Crippen molar-refractivity contribution >= 4 is 28.3 Å². The smallest absolute Gasteiger partial charge is 0.475 e. The Hall–Kier alpha value is -3.21. The minimum absolute atomic E-state index is 0.545. The van der Waals surface area contributed by atoms with E-state index >= 15 is 0 Å². The van der Waals surface area contributed by atoms with Gasteiger partial charge in [0.25, 0.3) is 0 Å². The molecular formula is C25H25F3N4O2S. The second kappa shape index (κ2) is 10.6. The number of nitrogens with zero attached hydrogens (tertiary/aromatic N) is 2. The molecule has 1 atom stereocenters. The third kappa shape index (κ3) is 6.08. The number of fused-ring (bicyclic) bond motifs is 1. The predicted molar refractivity (Wildman–Crippen MR) is 131 cm³/mol. The second-order valence-electron chi connectivity index (χ2n) is 8.27. The van der Waals surface area contributed by atoms with Gasteiger partial charge in [-0.3, -0.25) is 4.90 Å². The molecular weight excluding hydrogens is 477 g/mol. The number of carboxylic acid groups (broad SMARTS) is 1. The van der Waals surface area contributed by atoms with Crippen LogP contribution in [0.15, 0.2) is 60.7 Å². The number of nitrogens with two attached hydrogens (primary N) is 1. The normalized spacial score (nSPS) is 16.3. The van der Waals surface area contributed by atoms with Crippen molar-refractivity contribution in [1.29, 1.82) is 0 Å². The first-order valence-electron chi connectivity index (χ1n) is 11.1. The summed E-state index contributed by atoms with van der Waals surface area (Å²) in [7, 11) is 0. The van der Waals surface area contributed by atoms with E-state index < -0.39 is 12.1 Å². The summed E-state index contributed by atoms with van der Waals surface area (Å²) in [5.74, 6) is -1.82. The molecule has 0 amide bonds. The first kappa shape index (κ1) is 24.9. The van der Waals surface area contributed by atoms with Crippen LogP contribution in [0.1, 0.15) is 18.4 Å². The molecule has 10 heteroatoms. The molecule has 1 aliphatic rings. The van der Waals surface area contributed by atoms with Gasteiger partial charge >= 0.3 is 12.1 Å². The third-order valence-electron chi connectivity index (χ3n) is 5.87. The van der Waals surface area contributed by atoms with Crippen molar-refractivity contribution in [3.63, 3.8) is 0 Å². The van der Waals surface area contributed by atoms with E-state index in [2.05, 4.69) is 52.3 Å². The largest absolute Gasteiger partial charge is 0.490 e. The monoisotopic (exact) mass is 502 g/mol. The van der Waals surface area contributed by atoms with Crippen LogP contribution in [0.4, 0.5) is 13.2 Å². The highest BCUT2D eigenvalue weighted by Crippen LogP contribution is 2.34. The molecule has 1 saturated heterocycles. The number of aromatic amines is 1. The summed E-state index contributed by atoms with van der Waals surface area (Å²) in [5.41, 5.74) is 10.6. The molecule has 5 rings (SSSR count). The zero-order chi connectivity index (χ0) is 25.0. The van der Waals surface area contributed by atoms with Crippen molar-refractivity contribution < 1.29 is 23.1 Å². The van der Waals surface area contributed by atoms with Gasteiger partial charge in [-0.1, -0.05) is 36.4 Å². The number of hydrogen-bond acceptors (Lipinski definition) is 5. The molecule has 6 nitrogen and oxygen atoms in total. The molecule has 0 bridgehead atoms. The molecule has 3 heterocycles. The quantitative estimate of drug-likeness (QED) is 0.334. The number of carbonyl (C=O) groups is 1. The zero-order valence-electron chi connectivity index (χ0n) is 18.8. The number of thiophene rings is 1. The fourth-order valence-electron chi connectivity index (χ4n) is 4.07. The summed E-state index contributed by atoms with van der Waals surface area (Å²) < 4.78 is 31.7. The summed E-state index contributed by atoms with van der Waals surface area (Å²) in [6, 6.07) is 22.0. The van der Waals surface area contributed by atoms with Crippen LogP contribution < -0.4 is 5.73 Å². The molecule has 0 aliphatic carbocycles. The first-order valence-corrected chi connectivity index (χ1v) is 11.9. The molecule has 35 heavy (non-hydrogen) atoms. The van der Waals surface area contributed by atoms with Gasteiger partial charge in [0.2, 0.25) is 0 Å². The molecule has 2 aromatic heterocycles. The van der Waals surface area contributed by atoms with E-state index in [-0.39, 0.29) is 0 Å². The highest BCUT2D eigenvalue weighted by molar-refractivity contribution is 7.18. The molecule has 0 radical (unpaired) electrons. The van der Waals surface area contributed by atoms with Gasteiger partial charge in [0, 0.05) is 24.0 Å². The number of carboxylic acids is 1. The molecule has 4 aromatic rings. The Morgan fingerprint density at radius 1 is 1.11 bits per heavy atom. The van der Waals surface area contributed by atoms with Crippen molar-refractivity contribution in [3.05, 3.63) is 66.2 Å². The lowest BCUT2D eigenvalue weighted by Gasteiger charge is -2.23. The molecule has 184 valence electrons. The number of aromatic nitrogens is 2. The zero-order valence-corrected chi connectivity index (χ0v) is 19.6. The lowest BCUT2D eigenvalue weighted by atomic mass is 10.1. The van der Waals surface area contributed by atoms with Crippen molar-refractivity contribution in [2.45, 2.75) is 31.6 Å². The summed E-state index contributed by atoms with van der Waals surface area (Å²) in [6.07, 6.45) is -2.59. The fraction of sp³-hybridized carbons (Fsp3) is 0.280. The van der Waals surface area contributed by atoms with Gasteiger partial charge in [-0.15, -0.1) is 11.3 Å². The number of rotatable bonds is 5. The van der Waals surface area contributed by atoms with Gasteiger partial charge in [0.05, 0.1) is 15.9 Å². The van der Waals surface area contributed by atoms with Gasteiger partial charge in [-0.2, -0.15) is 13.2 Å². The average molecular weight is 503 g/mol. The van der Waals surface area contributed by atoms with Crippen LogP contribution in [-0.2, 0) is 11.3 Å². The summed E-state index contributed by atoms with van der Waals surface area (Å²) in [6.45, 7) is 2.92. The molecule has 0 spiro atoms. The number of halogens is 3. The number of imidazole rings is 1. The molecule has 4 N–H and O–H groups in total. The molecule has 0 saturated carbocycles. The van der Waals surface area contributed by atoms with E-state index in [4.69, 9.17) is 20.6 Å². The Bertz CT molecular complexity index is 1250. The number of hydrogen-bond donors (Lipinski definition) is 3. The van der Waals surface area contributed by atoms with Gasteiger partial charge in [-0.25, -0.2) is 9.78 Å². The van der Waals surface area contributed by atoms with Crippen LogP contribution in [0.25, 0.3) is 32.2 Å².